The van der Waals surface area contributed by atoms with Gasteiger partial charge in [-0.3, -0.25) is 0 Å². The van der Waals surface area contributed by atoms with Gasteiger partial charge in [-0.1, -0.05) is 5.16 Å². The van der Waals surface area contributed by atoms with Gasteiger partial charge in [0.2, 0.25) is 0 Å². The molecule has 0 amide bonds. The molecule has 2 N–H and O–H groups in total. The molecule has 0 bridgehead atoms. The first-order valence-corrected chi connectivity index (χ1v) is 5.03. The van der Waals surface area contributed by atoms with Crippen LogP contribution in [0.3, 0.4) is 0 Å². The van der Waals surface area contributed by atoms with Gasteiger partial charge in [0.25, 0.3) is 0 Å². The number of aromatic nitrogens is 1. The van der Waals surface area contributed by atoms with Crippen LogP contribution in [0.15, 0.2) is 10.6 Å². The van der Waals surface area contributed by atoms with Crippen molar-refractivity contribution in [3.8, 4) is 0 Å². The fourth-order valence-electron chi connectivity index (χ4n) is 1.83. The molecule has 1 aliphatic rings. The van der Waals surface area contributed by atoms with Gasteiger partial charge < -0.3 is 14.9 Å². The van der Waals surface area contributed by atoms with E-state index >= 15 is 0 Å². The molecule has 0 aliphatic carbocycles. The predicted molar refractivity (Wildman–Crippen MR) is 52.0 cm³/mol. The van der Waals surface area contributed by atoms with E-state index in [0.29, 0.717) is 6.54 Å². The molecule has 0 aromatic carbocycles. The van der Waals surface area contributed by atoms with Gasteiger partial charge in [0.15, 0.2) is 0 Å². The molecule has 1 saturated heterocycles. The molecule has 0 radical (unpaired) electrons. The van der Waals surface area contributed by atoms with Gasteiger partial charge in [-0.2, -0.15) is 0 Å². The first-order chi connectivity index (χ1) is 6.68. The van der Waals surface area contributed by atoms with Gasteiger partial charge in [0.05, 0.1) is 11.3 Å². The molecule has 1 aliphatic heterocycles. The highest BCUT2D eigenvalue weighted by Gasteiger charge is 2.30. The summed E-state index contributed by atoms with van der Waals surface area (Å²) in [6.07, 6.45) is 2.34. The van der Waals surface area contributed by atoms with Crippen LogP contribution in [-0.2, 0) is 6.42 Å². The third-order valence-electron chi connectivity index (χ3n) is 2.73. The number of hydrogen-bond donors (Lipinski definition) is 2. The van der Waals surface area contributed by atoms with Crippen molar-refractivity contribution in [3.63, 3.8) is 0 Å². The maximum atomic E-state index is 10.0. The Balaban J connectivity index is 1.87. The third kappa shape index (κ3) is 2.13. The normalized spacial score (nSPS) is 27.0. The Morgan fingerprint density at radius 1 is 1.71 bits per heavy atom. The van der Waals surface area contributed by atoms with Crippen molar-refractivity contribution < 1.29 is 9.63 Å². The molecule has 1 aromatic heterocycles. The molecule has 4 nitrogen and oxygen atoms in total. The largest absolute Gasteiger partial charge is 0.389 e. The standard InChI is InChI=1S/C10H16N2O2/c1-8-6-9(14-12-8)2-3-10(13)4-5-11-7-10/h6,11,13H,2-5,7H2,1H3/t10-/m1/s1. The fourth-order valence-corrected chi connectivity index (χ4v) is 1.83. The second kappa shape index (κ2) is 3.71. The lowest BCUT2D eigenvalue weighted by Crippen LogP contribution is -2.31. The van der Waals surface area contributed by atoms with Crippen molar-refractivity contribution in [2.24, 2.45) is 0 Å². The molecular formula is C10H16N2O2. The van der Waals surface area contributed by atoms with E-state index in [1.54, 1.807) is 0 Å². The number of nitrogens with zero attached hydrogens (tertiary/aromatic N) is 1. The lowest BCUT2D eigenvalue weighted by atomic mass is 9.96. The van der Waals surface area contributed by atoms with E-state index in [2.05, 4.69) is 10.5 Å². The van der Waals surface area contributed by atoms with E-state index in [1.165, 1.54) is 0 Å². The van der Waals surface area contributed by atoms with Crippen LogP contribution in [0.1, 0.15) is 24.3 Å². The minimum absolute atomic E-state index is 0.541. The number of rotatable bonds is 3. The quantitative estimate of drug-likeness (QED) is 0.745. The summed E-state index contributed by atoms with van der Waals surface area (Å²) in [6.45, 7) is 3.50. The number of hydrogen-bond acceptors (Lipinski definition) is 4. The van der Waals surface area contributed by atoms with Crippen LogP contribution in [0.5, 0.6) is 0 Å². The maximum Gasteiger partial charge on any atom is 0.137 e. The Kier molecular flexibility index (Phi) is 2.56. The zero-order chi connectivity index (χ0) is 10.0. The minimum atomic E-state index is -0.541. The smallest absolute Gasteiger partial charge is 0.137 e. The number of β-amino-alcohol motifs (C(OH)–C–C–N with tert-alkyl or cyclic N) is 1. The molecule has 78 valence electrons. The first-order valence-electron chi connectivity index (χ1n) is 5.03. The molecule has 0 spiro atoms. The lowest BCUT2D eigenvalue weighted by molar-refractivity contribution is 0.0508. The molecule has 0 saturated carbocycles. The highest BCUT2D eigenvalue weighted by atomic mass is 16.5. The van der Waals surface area contributed by atoms with Crippen LogP contribution >= 0.6 is 0 Å². The van der Waals surface area contributed by atoms with Crippen LogP contribution in [0.4, 0.5) is 0 Å². The van der Waals surface area contributed by atoms with E-state index in [1.807, 2.05) is 13.0 Å². The Labute approximate surface area is 83.3 Å². The van der Waals surface area contributed by atoms with Crippen LogP contribution in [0, 0.1) is 6.92 Å². The molecule has 1 aromatic rings. The Bertz CT molecular complexity index is 303. The molecule has 0 unspecified atom stereocenters. The summed E-state index contributed by atoms with van der Waals surface area (Å²) < 4.78 is 5.09. The maximum absolute atomic E-state index is 10.0. The van der Waals surface area contributed by atoms with Gasteiger partial charge in [0, 0.05) is 19.0 Å². The van der Waals surface area contributed by atoms with E-state index in [4.69, 9.17) is 4.52 Å². The van der Waals surface area contributed by atoms with Crippen molar-refractivity contribution in [1.82, 2.24) is 10.5 Å². The zero-order valence-corrected chi connectivity index (χ0v) is 8.42. The Morgan fingerprint density at radius 2 is 2.57 bits per heavy atom. The Hall–Kier alpha value is -0.870. The second-order valence-corrected chi connectivity index (χ2v) is 4.09. The van der Waals surface area contributed by atoms with E-state index in [9.17, 15) is 5.11 Å². The highest BCUT2D eigenvalue weighted by Crippen LogP contribution is 2.21. The van der Waals surface area contributed by atoms with E-state index in [0.717, 1.165) is 37.3 Å². The topological polar surface area (TPSA) is 58.3 Å². The lowest BCUT2D eigenvalue weighted by Gasteiger charge is -2.19. The van der Waals surface area contributed by atoms with Crippen molar-refractivity contribution in [3.05, 3.63) is 17.5 Å². The fraction of sp³-hybridized carbons (Fsp3) is 0.700. The van der Waals surface area contributed by atoms with E-state index in [-0.39, 0.29) is 0 Å². The van der Waals surface area contributed by atoms with Gasteiger partial charge in [-0.05, 0) is 26.3 Å². The van der Waals surface area contributed by atoms with Crippen LogP contribution in [0.25, 0.3) is 0 Å². The van der Waals surface area contributed by atoms with Gasteiger partial charge >= 0.3 is 0 Å². The van der Waals surface area contributed by atoms with Crippen molar-refractivity contribution >= 4 is 0 Å². The zero-order valence-electron chi connectivity index (χ0n) is 8.42. The molecule has 14 heavy (non-hydrogen) atoms. The highest BCUT2D eigenvalue weighted by molar-refractivity contribution is 5.04. The summed E-state index contributed by atoms with van der Waals surface area (Å²) in [5.74, 6) is 0.864. The second-order valence-electron chi connectivity index (χ2n) is 4.09. The summed E-state index contributed by atoms with van der Waals surface area (Å²) in [5, 5.41) is 17.0. The summed E-state index contributed by atoms with van der Waals surface area (Å²) in [5.41, 5.74) is 0.359. The number of nitrogens with one attached hydrogen (secondary N) is 1. The van der Waals surface area contributed by atoms with Gasteiger partial charge in [-0.15, -0.1) is 0 Å². The van der Waals surface area contributed by atoms with Crippen molar-refractivity contribution in [2.45, 2.75) is 31.8 Å². The molecule has 4 heteroatoms. The van der Waals surface area contributed by atoms with Gasteiger partial charge in [-0.25, -0.2) is 0 Å². The average Bonchev–Trinajstić information content (AvgIpc) is 2.73. The predicted octanol–water partition coefficient (Wildman–Crippen LogP) is 0.640. The molecule has 1 atom stereocenters. The summed E-state index contributed by atoms with van der Waals surface area (Å²) in [4.78, 5) is 0. The number of aryl methyl sites for hydroxylation is 2. The minimum Gasteiger partial charge on any atom is -0.389 e. The number of aliphatic hydroxyl groups is 1. The van der Waals surface area contributed by atoms with Crippen LogP contribution in [-0.4, -0.2) is 29.0 Å². The van der Waals surface area contributed by atoms with Crippen molar-refractivity contribution in [1.29, 1.82) is 0 Å². The van der Waals surface area contributed by atoms with Crippen LogP contribution < -0.4 is 5.32 Å². The first kappa shape index (κ1) is 9.68. The average molecular weight is 196 g/mol. The molecule has 1 fully saturated rings. The summed E-state index contributed by atoms with van der Waals surface area (Å²) in [7, 11) is 0. The molecule has 2 rings (SSSR count). The van der Waals surface area contributed by atoms with Crippen LogP contribution in [0.2, 0.25) is 0 Å². The Morgan fingerprint density at radius 3 is 3.14 bits per heavy atom. The molecular weight excluding hydrogens is 180 g/mol. The van der Waals surface area contributed by atoms with Gasteiger partial charge in [0.1, 0.15) is 5.76 Å². The monoisotopic (exact) mass is 196 g/mol. The summed E-state index contributed by atoms with van der Waals surface area (Å²) >= 11 is 0. The third-order valence-corrected chi connectivity index (χ3v) is 2.73. The molecule has 2 heterocycles. The SMILES string of the molecule is Cc1cc(CC[C@@]2(O)CCNC2)on1. The van der Waals surface area contributed by atoms with Crippen molar-refractivity contribution in [2.75, 3.05) is 13.1 Å². The summed E-state index contributed by atoms with van der Waals surface area (Å²) in [6, 6.07) is 1.92. The van der Waals surface area contributed by atoms with E-state index < -0.39 is 5.60 Å².